The summed E-state index contributed by atoms with van der Waals surface area (Å²) in [5.74, 6) is -0.350. The van der Waals surface area contributed by atoms with E-state index in [-0.39, 0.29) is 50.9 Å². The van der Waals surface area contributed by atoms with Crippen LogP contribution in [-0.4, -0.2) is 36.7 Å². The number of nitrogens with two attached hydrogens (primary N) is 2. The van der Waals surface area contributed by atoms with Gasteiger partial charge in [0, 0.05) is 29.0 Å². The number of esters is 2. The third-order valence-electron chi connectivity index (χ3n) is 7.30. The summed E-state index contributed by atoms with van der Waals surface area (Å²) < 4.78 is 22.1. The highest BCUT2D eigenvalue weighted by molar-refractivity contribution is 6.32. The van der Waals surface area contributed by atoms with E-state index in [0.717, 1.165) is 31.8 Å². The average molecular weight is 621 g/mol. The maximum atomic E-state index is 13.2. The van der Waals surface area contributed by atoms with E-state index in [2.05, 4.69) is 6.58 Å². The van der Waals surface area contributed by atoms with Crippen molar-refractivity contribution in [3.63, 3.8) is 0 Å². The predicted octanol–water partition coefficient (Wildman–Crippen LogP) is 6.31. The summed E-state index contributed by atoms with van der Waals surface area (Å²) in [4.78, 5) is 50.0. The van der Waals surface area contributed by atoms with Gasteiger partial charge in [0.1, 0.15) is 17.2 Å². The molecule has 0 unspecified atom stereocenters. The largest absolute Gasteiger partial charge is 0.494 e. The number of hydrogen-bond donors (Lipinski definition) is 2. The van der Waals surface area contributed by atoms with Gasteiger partial charge in [0.2, 0.25) is 0 Å². The van der Waals surface area contributed by atoms with Gasteiger partial charge in [0.25, 0.3) is 0 Å². The number of ether oxygens (including phenoxy) is 4. The van der Waals surface area contributed by atoms with Crippen LogP contribution in [0.3, 0.4) is 0 Å². The van der Waals surface area contributed by atoms with Gasteiger partial charge in [-0.3, -0.25) is 9.59 Å². The van der Waals surface area contributed by atoms with Gasteiger partial charge in [-0.15, -0.1) is 0 Å². The van der Waals surface area contributed by atoms with Crippen LogP contribution in [0.25, 0.3) is 0 Å². The lowest BCUT2D eigenvalue weighted by molar-refractivity contribution is -0.137. The van der Waals surface area contributed by atoms with E-state index in [4.69, 9.17) is 30.4 Å². The topological polar surface area (TPSA) is 157 Å². The first-order valence-corrected chi connectivity index (χ1v) is 14.7. The fourth-order valence-electron chi connectivity index (χ4n) is 4.94. The number of rotatable bonds is 13. The molecule has 0 aromatic heterocycles. The van der Waals surface area contributed by atoms with Crippen molar-refractivity contribution in [3.05, 3.63) is 119 Å². The van der Waals surface area contributed by atoms with Crippen molar-refractivity contribution in [1.82, 2.24) is 0 Å². The Labute approximate surface area is 265 Å². The van der Waals surface area contributed by atoms with Crippen molar-refractivity contribution in [2.75, 3.05) is 24.7 Å². The number of benzene rings is 4. The summed E-state index contributed by atoms with van der Waals surface area (Å²) in [6, 6.07) is 20.8. The molecule has 0 amide bonds. The first-order valence-electron chi connectivity index (χ1n) is 14.7. The molecule has 10 heteroatoms. The van der Waals surface area contributed by atoms with E-state index in [0.29, 0.717) is 30.3 Å². The number of hydrogen-bond acceptors (Lipinski definition) is 10. The number of fused-ring (bicyclic) bond motifs is 2. The van der Waals surface area contributed by atoms with Crippen molar-refractivity contribution >= 4 is 34.9 Å². The Kier molecular flexibility index (Phi) is 9.77. The molecule has 0 atom stereocenters. The minimum absolute atomic E-state index is 0.00346. The van der Waals surface area contributed by atoms with Gasteiger partial charge in [-0.1, -0.05) is 30.8 Å². The Morgan fingerprint density at radius 1 is 0.717 bits per heavy atom. The first-order chi connectivity index (χ1) is 22.3. The van der Waals surface area contributed by atoms with Crippen molar-refractivity contribution in [2.45, 2.75) is 25.7 Å². The minimum atomic E-state index is -0.549. The summed E-state index contributed by atoms with van der Waals surface area (Å²) in [5, 5.41) is 0. The fraction of sp³-hybridized carbons (Fsp3) is 0.167. The number of ketones is 2. The quantitative estimate of drug-likeness (QED) is 0.0503. The van der Waals surface area contributed by atoms with Gasteiger partial charge in [-0.05, 0) is 74.2 Å². The lowest BCUT2D eigenvalue weighted by Gasteiger charge is -2.22. The summed E-state index contributed by atoms with van der Waals surface area (Å²) in [5.41, 5.74) is 13.6. The van der Waals surface area contributed by atoms with E-state index in [1.165, 1.54) is 6.07 Å². The van der Waals surface area contributed by atoms with Gasteiger partial charge >= 0.3 is 11.9 Å². The van der Waals surface area contributed by atoms with Crippen molar-refractivity contribution < 1.29 is 38.1 Å². The van der Waals surface area contributed by atoms with E-state index < -0.39 is 17.7 Å². The van der Waals surface area contributed by atoms with Gasteiger partial charge < -0.3 is 30.4 Å². The highest BCUT2D eigenvalue weighted by Crippen LogP contribution is 2.41. The number of anilines is 2. The molecule has 4 aromatic carbocycles. The zero-order valence-electron chi connectivity index (χ0n) is 25.0. The molecule has 0 spiro atoms. The Bertz CT molecular complexity index is 1800. The molecule has 0 heterocycles. The van der Waals surface area contributed by atoms with Gasteiger partial charge in [-0.25, -0.2) is 9.59 Å². The Morgan fingerprint density at radius 2 is 1.30 bits per heavy atom. The van der Waals surface area contributed by atoms with Crippen LogP contribution in [0, 0.1) is 0 Å². The SMILES string of the molecule is C=CC(=O)OCCCCCCOc1ccc(C(=O)Oc2ccc(Oc3cc(N)c4c(c3N)C(=O)c3ccccc3C4=O)cc2)cc1. The summed E-state index contributed by atoms with van der Waals surface area (Å²) in [6.07, 6.45) is 4.63. The number of carbonyl (C=O) groups is 4. The molecule has 10 nitrogen and oxygen atoms in total. The molecule has 4 aromatic rings. The molecule has 46 heavy (non-hydrogen) atoms. The predicted molar refractivity (Wildman–Crippen MR) is 172 cm³/mol. The highest BCUT2D eigenvalue weighted by Gasteiger charge is 2.34. The number of nitrogen functional groups attached to an aromatic ring is 2. The molecule has 0 aliphatic heterocycles. The summed E-state index contributed by atoms with van der Waals surface area (Å²) in [7, 11) is 0. The standard InChI is InChI=1S/C36H32N2O8/c1-2-30(39)44-20-8-4-3-7-19-43-23-13-11-22(12-14-23)36(42)46-25-17-15-24(16-18-25)45-29-21-28(37)31-32(33(29)38)35(41)27-10-6-5-9-26(27)34(31)40/h2,5-6,9-18,21H,1,3-4,7-8,19-20,37-38H2. The van der Waals surface area contributed by atoms with E-state index >= 15 is 0 Å². The molecule has 1 aliphatic rings. The van der Waals surface area contributed by atoms with Crippen LogP contribution >= 0.6 is 0 Å². The molecular weight excluding hydrogens is 588 g/mol. The normalized spacial score (nSPS) is 11.7. The highest BCUT2D eigenvalue weighted by atomic mass is 16.5. The van der Waals surface area contributed by atoms with E-state index in [1.54, 1.807) is 72.8 Å². The Hall–Kier alpha value is -5.90. The maximum absolute atomic E-state index is 13.2. The summed E-state index contributed by atoms with van der Waals surface area (Å²) >= 11 is 0. The zero-order valence-corrected chi connectivity index (χ0v) is 25.0. The van der Waals surface area contributed by atoms with Crippen LogP contribution in [0.4, 0.5) is 11.4 Å². The van der Waals surface area contributed by atoms with Gasteiger partial charge in [0.15, 0.2) is 17.3 Å². The molecule has 234 valence electrons. The zero-order chi connectivity index (χ0) is 32.6. The monoisotopic (exact) mass is 620 g/mol. The third-order valence-corrected chi connectivity index (χ3v) is 7.30. The average Bonchev–Trinajstić information content (AvgIpc) is 3.07. The lowest BCUT2D eigenvalue weighted by atomic mass is 9.82. The van der Waals surface area contributed by atoms with Crippen LogP contribution < -0.4 is 25.7 Å². The smallest absolute Gasteiger partial charge is 0.343 e. The fourth-order valence-corrected chi connectivity index (χ4v) is 4.94. The molecule has 0 saturated heterocycles. The molecular formula is C36H32N2O8. The van der Waals surface area contributed by atoms with E-state index in [9.17, 15) is 19.2 Å². The number of unbranched alkanes of at least 4 members (excludes halogenated alkanes) is 3. The molecule has 0 bridgehead atoms. The molecule has 0 radical (unpaired) electrons. The van der Waals surface area contributed by atoms with Crippen molar-refractivity contribution in [2.24, 2.45) is 0 Å². The lowest BCUT2D eigenvalue weighted by Crippen LogP contribution is -2.24. The van der Waals surface area contributed by atoms with Gasteiger partial charge in [-0.2, -0.15) is 0 Å². The van der Waals surface area contributed by atoms with Gasteiger partial charge in [0.05, 0.1) is 35.6 Å². The first kappa shape index (κ1) is 31.5. The molecule has 5 rings (SSSR count). The van der Waals surface area contributed by atoms with E-state index in [1.807, 2.05) is 0 Å². The Balaban J connectivity index is 1.13. The van der Waals surface area contributed by atoms with Crippen LogP contribution in [0.1, 0.15) is 67.9 Å². The van der Waals surface area contributed by atoms with Crippen molar-refractivity contribution in [3.8, 4) is 23.0 Å². The van der Waals surface area contributed by atoms with Crippen molar-refractivity contribution in [1.29, 1.82) is 0 Å². The summed E-state index contributed by atoms with van der Waals surface area (Å²) in [6.45, 7) is 4.26. The third kappa shape index (κ3) is 7.07. The maximum Gasteiger partial charge on any atom is 0.343 e. The second-order valence-electron chi connectivity index (χ2n) is 10.5. The van der Waals surface area contributed by atoms with Crippen LogP contribution in [0.5, 0.6) is 23.0 Å². The molecule has 4 N–H and O–H groups in total. The molecule has 0 saturated carbocycles. The Morgan fingerprint density at radius 3 is 1.96 bits per heavy atom. The second-order valence-corrected chi connectivity index (χ2v) is 10.5. The molecule has 1 aliphatic carbocycles. The molecule has 0 fully saturated rings. The van der Waals surface area contributed by atoms with Crippen LogP contribution in [-0.2, 0) is 9.53 Å². The minimum Gasteiger partial charge on any atom is -0.494 e. The number of carbonyl (C=O) groups excluding carboxylic acids is 4. The second kappa shape index (κ2) is 14.3. The van der Waals surface area contributed by atoms with Crippen LogP contribution in [0.2, 0.25) is 0 Å². The van der Waals surface area contributed by atoms with Crippen LogP contribution in [0.15, 0.2) is 91.5 Å².